The van der Waals surface area contributed by atoms with Gasteiger partial charge < -0.3 is 5.32 Å². The van der Waals surface area contributed by atoms with Gasteiger partial charge >= 0.3 is 0 Å². The van der Waals surface area contributed by atoms with Crippen molar-refractivity contribution in [1.29, 1.82) is 0 Å². The Labute approximate surface area is 131 Å². The zero-order valence-electron chi connectivity index (χ0n) is 10.2. The quantitative estimate of drug-likeness (QED) is 0.886. The van der Waals surface area contributed by atoms with Crippen LogP contribution in [0.3, 0.4) is 0 Å². The maximum absolute atomic E-state index is 6.02. The third-order valence-electron chi connectivity index (χ3n) is 3.07. The highest BCUT2D eigenvalue weighted by Gasteiger charge is 2.18. The second kappa shape index (κ2) is 8.47. The molecular formula is C12H18Cl4N2. The highest BCUT2D eigenvalue weighted by atomic mass is 35.5. The fraction of sp³-hybridized carbons (Fsp3) is 0.500. The maximum Gasteiger partial charge on any atom is 0.0424 e. The van der Waals surface area contributed by atoms with E-state index in [0.29, 0.717) is 16.1 Å². The molecule has 0 aliphatic carbocycles. The lowest BCUT2D eigenvalue weighted by atomic mass is 10.1. The molecule has 1 saturated heterocycles. The van der Waals surface area contributed by atoms with E-state index < -0.39 is 0 Å². The second-order valence-electron chi connectivity index (χ2n) is 4.16. The van der Waals surface area contributed by atoms with Crippen LogP contribution in [0.2, 0.25) is 10.0 Å². The molecule has 1 aliphatic rings. The fourth-order valence-electron chi connectivity index (χ4n) is 2.10. The van der Waals surface area contributed by atoms with E-state index in [1.165, 1.54) is 5.56 Å². The first-order chi connectivity index (χ1) is 7.66. The summed E-state index contributed by atoms with van der Waals surface area (Å²) in [6.45, 7) is 6.46. The first-order valence-electron chi connectivity index (χ1n) is 5.57. The van der Waals surface area contributed by atoms with Crippen LogP contribution in [0.25, 0.3) is 0 Å². The van der Waals surface area contributed by atoms with Crippen LogP contribution in [-0.2, 0) is 0 Å². The fourth-order valence-corrected chi connectivity index (χ4v) is 2.64. The normalized spacial score (nSPS) is 17.5. The van der Waals surface area contributed by atoms with Gasteiger partial charge in [0, 0.05) is 42.3 Å². The van der Waals surface area contributed by atoms with Crippen LogP contribution < -0.4 is 5.32 Å². The minimum Gasteiger partial charge on any atom is -0.314 e. The zero-order chi connectivity index (χ0) is 11.5. The summed E-state index contributed by atoms with van der Waals surface area (Å²) in [5, 5.41) is 4.77. The number of hydrogen-bond donors (Lipinski definition) is 1. The third kappa shape index (κ3) is 4.76. The third-order valence-corrected chi connectivity index (χ3v) is 3.50. The summed E-state index contributed by atoms with van der Waals surface area (Å²) in [6, 6.07) is 6.15. The van der Waals surface area contributed by atoms with Crippen molar-refractivity contribution < 1.29 is 0 Å². The second-order valence-corrected chi connectivity index (χ2v) is 5.04. The van der Waals surface area contributed by atoms with Crippen LogP contribution in [-0.4, -0.2) is 31.1 Å². The largest absolute Gasteiger partial charge is 0.314 e. The van der Waals surface area contributed by atoms with Gasteiger partial charge in [-0.1, -0.05) is 23.2 Å². The molecule has 1 N–H and O–H groups in total. The summed E-state index contributed by atoms with van der Waals surface area (Å²) >= 11 is 12.0. The van der Waals surface area contributed by atoms with Gasteiger partial charge in [-0.05, 0) is 30.7 Å². The topological polar surface area (TPSA) is 15.3 Å². The zero-order valence-corrected chi connectivity index (χ0v) is 13.3. The summed E-state index contributed by atoms with van der Waals surface area (Å²) < 4.78 is 0. The van der Waals surface area contributed by atoms with Gasteiger partial charge in [0.05, 0.1) is 0 Å². The van der Waals surface area contributed by atoms with Crippen LogP contribution in [0.5, 0.6) is 0 Å². The van der Waals surface area contributed by atoms with Crippen molar-refractivity contribution in [2.24, 2.45) is 0 Å². The number of nitrogens with one attached hydrogen (secondary N) is 1. The molecule has 2 nitrogen and oxygen atoms in total. The van der Waals surface area contributed by atoms with E-state index in [1.807, 2.05) is 12.1 Å². The standard InChI is InChI=1S/C12H16Cl2N2.2ClH/c1-9(16-4-2-15-3-5-16)10-6-11(13)8-12(14)7-10;;/h6-9,15H,2-5H2,1H3;2*1H/t9-;;/m1../s1. The molecule has 0 spiro atoms. The molecule has 0 amide bonds. The molecule has 1 fully saturated rings. The number of piperazine rings is 1. The smallest absolute Gasteiger partial charge is 0.0424 e. The van der Waals surface area contributed by atoms with Crippen molar-refractivity contribution in [3.8, 4) is 0 Å². The van der Waals surface area contributed by atoms with Gasteiger partial charge in [0.25, 0.3) is 0 Å². The summed E-state index contributed by atoms with van der Waals surface area (Å²) in [7, 11) is 0. The molecule has 2 rings (SSSR count). The van der Waals surface area contributed by atoms with Gasteiger partial charge in [0.2, 0.25) is 0 Å². The molecule has 1 aliphatic heterocycles. The Bertz CT molecular complexity index is 347. The van der Waals surface area contributed by atoms with Gasteiger partial charge in [0.15, 0.2) is 0 Å². The summed E-state index contributed by atoms with van der Waals surface area (Å²) in [4.78, 5) is 2.44. The van der Waals surface area contributed by atoms with Crippen molar-refractivity contribution in [3.05, 3.63) is 33.8 Å². The highest BCUT2D eigenvalue weighted by molar-refractivity contribution is 6.34. The van der Waals surface area contributed by atoms with Crippen LogP contribution in [0.4, 0.5) is 0 Å². The molecule has 0 aromatic heterocycles. The number of hydrogen-bond acceptors (Lipinski definition) is 2. The van der Waals surface area contributed by atoms with Crippen LogP contribution >= 0.6 is 48.0 Å². The Balaban J connectivity index is 0.00000144. The van der Waals surface area contributed by atoms with E-state index in [2.05, 4.69) is 17.1 Å². The van der Waals surface area contributed by atoms with Crippen LogP contribution in [0.15, 0.2) is 18.2 Å². The number of nitrogens with zero attached hydrogens (tertiary/aromatic N) is 1. The highest BCUT2D eigenvalue weighted by Crippen LogP contribution is 2.26. The minimum absolute atomic E-state index is 0. The molecule has 1 aromatic carbocycles. The monoisotopic (exact) mass is 330 g/mol. The lowest BCUT2D eigenvalue weighted by Crippen LogP contribution is -2.44. The van der Waals surface area contributed by atoms with E-state index in [1.54, 1.807) is 6.07 Å². The molecular weight excluding hydrogens is 314 g/mol. The average molecular weight is 332 g/mol. The first kappa shape index (κ1) is 18.3. The molecule has 0 saturated carbocycles. The Kier molecular flexibility index (Phi) is 8.61. The molecule has 1 heterocycles. The van der Waals surface area contributed by atoms with E-state index in [4.69, 9.17) is 23.2 Å². The molecule has 0 radical (unpaired) electrons. The molecule has 104 valence electrons. The van der Waals surface area contributed by atoms with E-state index >= 15 is 0 Å². The van der Waals surface area contributed by atoms with Crippen molar-refractivity contribution in [2.75, 3.05) is 26.2 Å². The van der Waals surface area contributed by atoms with Crippen molar-refractivity contribution >= 4 is 48.0 Å². The van der Waals surface area contributed by atoms with Gasteiger partial charge in [-0.2, -0.15) is 0 Å². The molecule has 0 unspecified atom stereocenters. The summed E-state index contributed by atoms with van der Waals surface area (Å²) in [5.74, 6) is 0. The van der Waals surface area contributed by atoms with E-state index in [-0.39, 0.29) is 24.8 Å². The van der Waals surface area contributed by atoms with Gasteiger partial charge in [-0.15, -0.1) is 24.8 Å². The minimum atomic E-state index is 0. The predicted octanol–water partition coefficient (Wildman–Crippen LogP) is 3.80. The lowest BCUT2D eigenvalue weighted by Gasteiger charge is -2.33. The van der Waals surface area contributed by atoms with Gasteiger partial charge in [-0.25, -0.2) is 0 Å². The van der Waals surface area contributed by atoms with Gasteiger partial charge in [0.1, 0.15) is 0 Å². The van der Waals surface area contributed by atoms with Crippen LogP contribution in [0, 0.1) is 0 Å². The Morgan fingerprint density at radius 1 is 1.06 bits per heavy atom. The maximum atomic E-state index is 6.02. The van der Waals surface area contributed by atoms with E-state index in [0.717, 1.165) is 26.2 Å². The number of benzene rings is 1. The lowest BCUT2D eigenvalue weighted by molar-refractivity contribution is 0.185. The average Bonchev–Trinajstić information content (AvgIpc) is 2.28. The molecule has 1 aromatic rings. The first-order valence-corrected chi connectivity index (χ1v) is 6.33. The molecule has 0 bridgehead atoms. The van der Waals surface area contributed by atoms with Crippen molar-refractivity contribution in [1.82, 2.24) is 10.2 Å². The van der Waals surface area contributed by atoms with Crippen molar-refractivity contribution in [3.63, 3.8) is 0 Å². The Hall–Kier alpha value is 0.300. The van der Waals surface area contributed by atoms with Gasteiger partial charge in [-0.3, -0.25) is 4.90 Å². The summed E-state index contributed by atoms with van der Waals surface area (Å²) in [5.41, 5.74) is 1.19. The summed E-state index contributed by atoms with van der Waals surface area (Å²) in [6.07, 6.45) is 0. The Morgan fingerprint density at radius 3 is 2.06 bits per heavy atom. The Morgan fingerprint density at radius 2 is 1.56 bits per heavy atom. The molecule has 1 atom stereocenters. The number of halogens is 4. The molecule has 18 heavy (non-hydrogen) atoms. The predicted molar refractivity (Wildman–Crippen MR) is 83.8 cm³/mol. The van der Waals surface area contributed by atoms with Crippen molar-refractivity contribution in [2.45, 2.75) is 13.0 Å². The SMILES string of the molecule is C[C@H](c1cc(Cl)cc(Cl)c1)N1CCNCC1.Cl.Cl. The number of rotatable bonds is 2. The molecule has 6 heteroatoms. The van der Waals surface area contributed by atoms with E-state index in [9.17, 15) is 0 Å². The van der Waals surface area contributed by atoms with Crippen LogP contribution in [0.1, 0.15) is 18.5 Å².